The fourth-order valence-corrected chi connectivity index (χ4v) is 5.73. The number of thiazole rings is 1. The lowest BCUT2D eigenvalue weighted by molar-refractivity contribution is -0.154. The summed E-state index contributed by atoms with van der Waals surface area (Å²) in [7, 11) is 0. The summed E-state index contributed by atoms with van der Waals surface area (Å²) in [6, 6.07) is 0. The lowest BCUT2D eigenvalue weighted by Crippen LogP contribution is -2.45. The van der Waals surface area contributed by atoms with E-state index in [0.29, 0.717) is 25.7 Å². The van der Waals surface area contributed by atoms with E-state index in [1.165, 1.54) is 11.3 Å². The van der Waals surface area contributed by atoms with Gasteiger partial charge < -0.3 is 24.8 Å². The molecule has 0 bridgehead atoms. The van der Waals surface area contributed by atoms with Gasteiger partial charge in [0.05, 0.1) is 47.5 Å². The van der Waals surface area contributed by atoms with Gasteiger partial charge in [-0.1, -0.05) is 34.1 Å². The van der Waals surface area contributed by atoms with Crippen LogP contribution in [0.3, 0.4) is 0 Å². The minimum Gasteiger partial charge on any atom is -0.458 e. The summed E-state index contributed by atoms with van der Waals surface area (Å²) < 4.78 is 11.8. The molecule has 1 aromatic heterocycles. The van der Waals surface area contributed by atoms with E-state index >= 15 is 0 Å². The van der Waals surface area contributed by atoms with E-state index < -0.39 is 41.2 Å². The molecule has 3 rings (SSSR count). The van der Waals surface area contributed by atoms with Gasteiger partial charge in [0.15, 0.2) is 0 Å². The van der Waals surface area contributed by atoms with Crippen molar-refractivity contribution in [3.05, 3.63) is 21.7 Å². The van der Waals surface area contributed by atoms with Crippen LogP contribution in [0.1, 0.15) is 77.4 Å². The number of aliphatic hydroxyl groups excluding tert-OH is 3. The molecule has 9 heteroatoms. The van der Waals surface area contributed by atoms with Gasteiger partial charge in [-0.05, 0) is 44.3 Å². The Hall–Kier alpha value is -1.65. The van der Waals surface area contributed by atoms with Gasteiger partial charge >= 0.3 is 5.97 Å². The number of rotatable bonds is 3. The second kappa shape index (κ2) is 11.4. The van der Waals surface area contributed by atoms with Crippen molar-refractivity contribution in [1.82, 2.24) is 4.98 Å². The quantitative estimate of drug-likeness (QED) is 0.406. The number of hydrogen-bond donors (Lipinski definition) is 3. The summed E-state index contributed by atoms with van der Waals surface area (Å²) in [5.41, 5.74) is -0.378. The highest BCUT2D eigenvalue weighted by molar-refractivity contribution is 7.09. The number of aryl methyl sites for hydroxylation is 1. The van der Waals surface area contributed by atoms with Crippen molar-refractivity contribution in [2.75, 3.05) is 6.61 Å². The molecule has 2 saturated heterocycles. The summed E-state index contributed by atoms with van der Waals surface area (Å²) >= 11 is 1.53. The number of Topliss-reactive ketones (excluding diaryl/α,β-unsaturated/α-hetero) is 1. The molecule has 0 aliphatic carbocycles. The minimum absolute atomic E-state index is 0.148. The first-order chi connectivity index (χ1) is 16.8. The van der Waals surface area contributed by atoms with Gasteiger partial charge in [0, 0.05) is 17.7 Å². The van der Waals surface area contributed by atoms with Gasteiger partial charge in [-0.15, -0.1) is 11.3 Å². The van der Waals surface area contributed by atoms with E-state index in [4.69, 9.17) is 9.47 Å². The number of fused-ring (bicyclic) bond motifs is 1. The van der Waals surface area contributed by atoms with Crippen LogP contribution >= 0.6 is 11.3 Å². The molecular formula is C27H41NO7S. The predicted molar refractivity (Wildman–Crippen MR) is 137 cm³/mol. The zero-order chi connectivity index (χ0) is 26.8. The van der Waals surface area contributed by atoms with E-state index in [0.717, 1.165) is 16.3 Å². The minimum atomic E-state index is -1.27. The van der Waals surface area contributed by atoms with Gasteiger partial charge in [0.25, 0.3) is 0 Å². The maximum atomic E-state index is 13.2. The van der Waals surface area contributed by atoms with Crippen LogP contribution in [0.4, 0.5) is 0 Å². The van der Waals surface area contributed by atoms with Crippen molar-refractivity contribution in [3.63, 3.8) is 0 Å². The molecule has 7 atom stereocenters. The Morgan fingerprint density at radius 3 is 2.58 bits per heavy atom. The first-order valence-corrected chi connectivity index (χ1v) is 13.7. The van der Waals surface area contributed by atoms with Gasteiger partial charge in [0.1, 0.15) is 17.5 Å². The van der Waals surface area contributed by atoms with Crippen molar-refractivity contribution in [2.45, 2.75) is 104 Å². The highest BCUT2D eigenvalue weighted by Crippen LogP contribution is 2.45. The highest BCUT2D eigenvalue weighted by atomic mass is 32.1. The third-order valence-corrected chi connectivity index (χ3v) is 8.78. The highest BCUT2D eigenvalue weighted by Gasteiger charge is 2.56. The molecule has 3 heterocycles. The number of ether oxygens (including phenoxy) is 2. The van der Waals surface area contributed by atoms with E-state index in [2.05, 4.69) is 4.98 Å². The molecule has 0 aromatic carbocycles. The zero-order valence-corrected chi connectivity index (χ0v) is 23.0. The average Bonchev–Trinajstić information content (AvgIpc) is 3.35. The third kappa shape index (κ3) is 6.42. The zero-order valence-electron chi connectivity index (χ0n) is 22.2. The standard InChI is InChI=1S/C27H41NO7S/c1-15-8-7-9-27(14-29)22(35-27)11-20(16(2)10-19-13-36-18(4)28-19)34-23(31)12-21(30)26(5,6)25(33)17(3)24(15)32/h10,13,15,17,20-22,24,29-30,32H,7-9,11-12,14H2,1-6H3/b16-10+/t15-,17+,20?,21-,22-,24-,27-/m0/s1. The molecular weight excluding hydrogens is 482 g/mol. The molecule has 3 N–H and O–H groups in total. The molecule has 0 amide bonds. The Labute approximate surface area is 217 Å². The van der Waals surface area contributed by atoms with Crippen LogP contribution in [0.5, 0.6) is 0 Å². The van der Waals surface area contributed by atoms with Crippen LogP contribution in [0, 0.1) is 24.2 Å². The number of aliphatic hydroxyl groups is 3. The molecule has 2 fully saturated rings. The molecule has 0 saturated carbocycles. The SMILES string of the molecule is C/C(=C\c1csc(C)n1)C1C[C@@H]2O[C@]2(CO)CCC[C@H](C)[C@H](O)[C@@H](C)C(=O)C(C)(C)[C@@H](O)CC(=O)O1. The van der Waals surface area contributed by atoms with Crippen LogP contribution in [-0.4, -0.2) is 68.7 Å². The Morgan fingerprint density at radius 2 is 1.97 bits per heavy atom. The van der Waals surface area contributed by atoms with Crippen LogP contribution < -0.4 is 0 Å². The maximum absolute atomic E-state index is 13.2. The van der Waals surface area contributed by atoms with Gasteiger partial charge in [0.2, 0.25) is 0 Å². The van der Waals surface area contributed by atoms with Crippen molar-refractivity contribution in [3.8, 4) is 0 Å². The maximum Gasteiger partial charge on any atom is 0.309 e. The topological polar surface area (TPSA) is 129 Å². The first kappa shape index (κ1) is 28.9. The Balaban J connectivity index is 1.88. The molecule has 36 heavy (non-hydrogen) atoms. The Bertz CT molecular complexity index is 973. The number of carbonyl (C=O) groups is 2. The van der Waals surface area contributed by atoms with Crippen molar-refractivity contribution in [1.29, 1.82) is 0 Å². The summed E-state index contributed by atoms with van der Waals surface area (Å²) in [6.07, 6.45) is 0.807. The predicted octanol–water partition coefficient (Wildman–Crippen LogP) is 3.45. The monoisotopic (exact) mass is 523 g/mol. The Morgan fingerprint density at radius 1 is 1.28 bits per heavy atom. The van der Waals surface area contributed by atoms with Crippen LogP contribution in [-0.2, 0) is 19.1 Å². The van der Waals surface area contributed by atoms with E-state index in [1.54, 1.807) is 20.8 Å². The van der Waals surface area contributed by atoms with Gasteiger partial charge in [-0.3, -0.25) is 9.59 Å². The Kier molecular flexibility index (Phi) is 9.15. The van der Waals surface area contributed by atoms with Crippen LogP contribution in [0.2, 0.25) is 0 Å². The lowest BCUT2D eigenvalue weighted by Gasteiger charge is -2.34. The molecule has 0 spiro atoms. The van der Waals surface area contributed by atoms with E-state index in [-0.39, 0.29) is 30.8 Å². The van der Waals surface area contributed by atoms with Crippen molar-refractivity contribution >= 4 is 29.2 Å². The largest absolute Gasteiger partial charge is 0.458 e. The van der Waals surface area contributed by atoms with Gasteiger partial charge in [-0.2, -0.15) is 0 Å². The smallest absolute Gasteiger partial charge is 0.309 e. The summed E-state index contributed by atoms with van der Waals surface area (Å²) in [5, 5.41) is 34.7. The normalized spacial score (nSPS) is 36.8. The number of nitrogens with zero attached hydrogens (tertiary/aromatic N) is 1. The number of ketones is 1. The van der Waals surface area contributed by atoms with Gasteiger partial charge in [-0.25, -0.2) is 4.98 Å². The second-order valence-corrected chi connectivity index (χ2v) is 12.2. The summed E-state index contributed by atoms with van der Waals surface area (Å²) in [6.45, 7) is 10.4. The van der Waals surface area contributed by atoms with Crippen LogP contribution in [0.25, 0.3) is 6.08 Å². The van der Waals surface area contributed by atoms with Crippen LogP contribution in [0.15, 0.2) is 11.0 Å². The molecule has 8 nitrogen and oxygen atoms in total. The average molecular weight is 524 g/mol. The number of carbonyl (C=O) groups excluding carboxylic acids is 2. The molecule has 2 aliphatic rings. The fraction of sp³-hybridized carbons (Fsp3) is 0.741. The summed E-state index contributed by atoms with van der Waals surface area (Å²) in [4.78, 5) is 30.6. The number of epoxide rings is 1. The first-order valence-electron chi connectivity index (χ1n) is 12.8. The number of cyclic esters (lactones) is 1. The second-order valence-electron chi connectivity index (χ2n) is 11.2. The fourth-order valence-electron chi connectivity index (χ4n) is 5.16. The molecule has 0 radical (unpaired) electrons. The molecule has 1 unspecified atom stereocenters. The van der Waals surface area contributed by atoms with Crippen molar-refractivity contribution in [2.24, 2.45) is 17.3 Å². The number of aromatic nitrogens is 1. The third-order valence-electron chi connectivity index (χ3n) is 7.99. The molecule has 202 valence electrons. The lowest BCUT2D eigenvalue weighted by atomic mass is 9.73. The molecule has 1 aromatic rings. The summed E-state index contributed by atoms with van der Waals surface area (Å²) in [5.74, 6) is -1.77. The number of hydrogen-bond acceptors (Lipinski definition) is 9. The molecule has 2 aliphatic heterocycles. The van der Waals surface area contributed by atoms with E-state index in [9.17, 15) is 24.9 Å². The number of esters is 1. The van der Waals surface area contributed by atoms with E-state index in [1.807, 2.05) is 32.2 Å². The van der Waals surface area contributed by atoms with Crippen molar-refractivity contribution < 1.29 is 34.4 Å².